The van der Waals surface area contributed by atoms with Crippen LogP contribution >= 0.6 is 11.3 Å². The monoisotopic (exact) mass is 507 g/mol. The van der Waals surface area contributed by atoms with Gasteiger partial charge in [0, 0.05) is 19.1 Å². The minimum Gasteiger partial charge on any atom is -0.462 e. The first-order valence-electron chi connectivity index (χ1n) is 11.1. The van der Waals surface area contributed by atoms with E-state index in [9.17, 15) is 22.8 Å². The Balaban J connectivity index is 1.83. The number of hydrogen-bond donors (Lipinski definition) is 0. The molecule has 2 aromatic rings. The van der Waals surface area contributed by atoms with Crippen LogP contribution in [-0.4, -0.2) is 66.4 Å². The Hall–Kier alpha value is -2.79. The molecular weight excluding hydrogens is 478 g/mol. The van der Waals surface area contributed by atoms with E-state index in [4.69, 9.17) is 4.74 Å². The molecular formula is C23H29N3O6S2. The fraction of sp³-hybridized carbons (Fsp3) is 0.478. The molecule has 3 rings (SSSR count). The molecule has 1 unspecified atom stereocenters. The summed E-state index contributed by atoms with van der Waals surface area (Å²) in [7, 11) is -3.97. The molecule has 0 radical (unpaired) electrons. The lowest BCUT2D eigenvalue weighted by Gasteiger charge is -2.33. The zero-order valence-electron chi connectivity index (χ0n) is 19.4. The van der Waals surface area contributed by atoms with Crippen LogP contribution in [0.25, 0.3) is 10.2 Å². The van der Waals surface area contributed by atoms with Gasteiger partial charge in [-0.05, 0) is 51.3 Å². The molecule has 0 N–H and O–H groups in total. The van der Waals surface area contributed by atoms with Crippen molar-refractivity contribution in [2.24, 2.45) is 4.99 Å². The number of likely N-dealkylation sites (tertiary alicyclic amines) is 1. The van der Waals surface area contributed by atoms with Gasteiger partial charge in [-0.25, -0.2) is 13.2 Å². The molecule has 1 atom stereocenters. The highest BCUT2D eigenvalue weighted by Gasteiger charge is 2.28. The summed E-state index contributed by atoms with van der Waals surface area (Å²) in [6.45, 7) is 8.46. The molecule has 1 saturated heterocycles. The molecule has 2 heterocycles. The number of hydrogen-bond acceptors (Lipinski definition) is 7. The Morgan fingerprint density at radius 2 is 2.03 bits per heavy atom. The van der Waals surface area contributed by atoms with Gasteiger partial charge in [-0.2, -0.15) is 4.99 Å². The maximum atomic E-state index is 12.6. The van der Waals surface area contributed by atoms with Crippen LogP contribution in [0.5, 0.6) is 0 Å². The number of amides is 2. The molecule has 1 fully saturated rings. The van der Waals surface area contributed by atoms with Gasteiger partial charge in [-0.1, -0.05) is 17.4 Å². The first kappa shape index (κ1) is 25.8. The molecule has 9 nitrogen and oxygen atoms in total. The minimum atomic E-state index is -3.97. The Bertz CT molecular complexity index is 1280. The average molecular weight is 508 g/mol. The van der Waals surface area contributed by atoms with Gasteiger partial charge in [0.1, 0.15) is 11.5 Å². The normalized spacial score (nSPS) is 17.1. The minimum absolute atomic E-state index is 0.00671. The summed E-state index contributed by atoms with van der Waals surface area (Å²) < 4.78 is 32.5. The average Bonchev–Trinajstić information content (AvgIpc) is 3.09. The van der Waals surface area contributed by atoms with Gasteiger partial charge in [0.2, 0.25) is 5.91 Å². The quantitative estimate of drug-likeness (QED) is 0.400. The molecule has 1 aliphatic heterocycles. The standard InChI is InChI=1S/C23H29N3O6S2/c1-4-11-26-18-10-9-17(22(29)32-5-2)13-19(18)33-23(26)24-20(27)14-34(30,31)15-21(28)25-12-7-6-8-16(25)3/h4,9-10,13,16H,1,5-8,11-12,14-15H2,2-3H3. The molecule has 184 valence electrons. The van der Waals surface area contributed by atoms with Crippen molar-refractivity contribution >= 4 is 49.2 Å². The van der Waals surface area contributed by atoms with Gasteiger partial charge in [0.05, 0.1) is 22.4 Å². The number of fused-ring (bicyclic) bond motifs is 1. The lowest BCUT2D eigenvalue weighted by molar-refractivity contribution is -0.131. The van der Waals surface area contributed by atoms with E-state index in [0.717, 1.165) is 36.1 Å². The van der Waals surface area contributed by atoms with E-state index in [1.165, 1.54) is 0 Å². The fourth-order valence-corrected chi connectivity index (χ4v) is 6.10. The third-order valence-electron chi connectivity index (χ3n) is 5.54. The summed E-state index contributed by atoms with van der Waals surface area (Å²) in [5.41, 5.74) is 1.09. The molecule has 0 saturated carbocycles. The second-order valence-corrected chi connectivity index (χ2v) is 11.2. The number of esters is 1. The number of carbonyl (C=O) groups excluding carboxylic acids is 3. The molecule has 1 aromatic heterocycles. The van der Waals surface area contributed by atoms with Gasteiger partial charge in [0.15, 0.2) is 14.6 Å². The summed E-state index contributed by atoms with van der Waals surface area (Å²) in [6.07, 6.45) is 4.32. The Labute approximate surface area is 202 Å². The third kappa shape index (κ3) is 6.20. The zero-order valence-corrected chi connectivity index (χ0v) is 21.0. The zero-order chi connectivity index (χ0) is 24.9. The maximum Gasteiger partial charge on any atom is 0.338 e. The van der Waals surface area contributed by atoms with Crippen LogP contribution in [0.1, 0.15) is 43.5 Å². The van der Waals surface area contributed by atoms with Gasteiger partial charge < -0.3 is 14.2 Å². The maximum absolute atomic E-state index is 12.6. The number of carbonyl (C=O) groups is 3. The lowest BCUT2D eigenvalue weighted by Crippen LogP contribution is -2.45. The van der Waals surface area contributed by atoms with Crippen molar-refractivity contribution in [1.82, 2.24) is 9.47 Å². The Morgan fingerprint density at radius 1 is 1.26 bits per heavy atom. The lowest BCUT2D eigenvalue weighted by atomic mass is 10.0. The van der Waals surface area contributed by atoms with E-state index in [1.807, 2.05) is 6.92 Å². The highest BCUT2D eigenvalue weighted by Crippen LogP contribution is 2.20. The number of aromatic nitrogens is 1. The second-order valence-electron chi connectivity index (χ2n) is 8.16. The highest BCUT2D eigenvalue weighted by molar-refractivity contribution is 7.92. The third-order valence-corrected chi connectivity index (χ3v) is 7.95. The summed E-state index contributed by atoms with van der Waals surface area (Å²) in [5, 5.41) is 0. The predicted octanol–water partition coefficient (Wildman–Crippen LogP) is 2.31. The molecule has 34 heavy (non-hydrogen) atoms. The van der Waals surface area contributed by atoms with Crippen LogP contribution in [0.2, 0.25) is 0 Å². The number of sulfone groups is 1. The predicted molar refractivity (Wildman–Crippen MR) is 130 cm³/mol. The van der Waals surface area contributed by atoms with Crippen molar-refractivity contribution in [2.75, 3.05) is 24.7 Å². The van der Waals surface area contributed by atoms with Crippen LogP contribution < -0.4 is 4.80 Å². The molecule has 0 spiro atoms. The SMILES string of the molecule is C=CCn1c(=NC(=O)CS(=O)(=O)CC(=O)N2CCCCC2C)sc2cc(C(=O)OCC)ccc21. The molecule has 1 aromatic carbocycles. The van der Waals surface area contributed by atoms with Gasteiger partial charge in [0.25, 0.3) is 5.91 Å². The summed E-state index contributed by atoms with van der Waals surface area (Å²) >= 11 is 1.15. The molecule has 2 amide bonds. The van der Waals surface area contributed by atoms with Crippen LogP contribution in [0.4, 0.5) is 0 Å². The van der Waals surface area contributed by atoms with Crippen molar-refractivity contribution in [1.29, 1.82) is 0 Å². The summed E-state index contributed by atoms with van der Waals surface area (Å²) in [6, 6.07) is 4.99. The summed E-state index contributed by atoms with van der Waals surface area (Å²) in [5.74, 6) is -3.34. The van der Waals surface area contributed by atoms with E-state index in [1.54, 1.807) is 40.7 Å². The van der Waals surface area contributed by atoms with Gasteiger partial charge in [-0.15, -0.1) is 6.58 Å². The first-order chi connectivity index (χ1) is 16.1. The van der Waals surface area contributed by atoms with Crippen molar-refractivity contribution < 1.29 is 27.5 Å². The topological polar surface area (TPSA) is 115 Å². The Morgan fingerprint density at radius 3 is 2.71 bits per heavy atom. The number of benzene rings is 1. The number of thiazole rings is 1. The number of allylic oxidation sites excluding steroid dienone is 1. The van der Waals surface area contributed by atoms with Crippen LogP contribution in [0, 0.1) is 0 Å². The molecule has 0 bridgehead atoms. The first-order valence-corrected chi connectivity index (χ1v) is 13.8. The summed E-state index contributed by atoms with van der Waals surface area (Å²) in [4.78, 5) is 43.0. The smallest absolute Gasteiger partial charge is 0.338 e. The number of piperidine rings is 1. The fourth-order valence-electron chi connectivity index (χ4n) is 3.92. The molecule has 11 heteroatoms. The van der Waals surface area contributed by atoms with Crippen LogP contribution in [-0.2, 0) is 30.7 Å². The van der Waals surface area contributed by atoms with E-state index < -0.39 is 39.1 Å². The van der Waals surface area contributed by atoms with Crippen molar-refractivity contribution in [3.63, 3.8) is 0 Å². The number of rotatable bonds is 8. The number of nitrogens with zero attached hydrogens (tertiary/aromatic N) is 3. The van der Waals surface area contributed by atoms with Crippen molar-refractivity contribution in [3.05, 3.63) is 41.2 Å². The van der Waals surface area contributed by atoms with Crippen LogP contribution in [0.3, 0.4) is 0 Å². The second kappa shape index (κ2) is 11.1. The number of ether oxygens (including phenoxy) is 1. The Kier molecular flexibility index (Phi) is 8.42. The van der Waals surface area contributed by atoms with Crippen molar-refractivity contribution in [3.8, 4) is 0 Å². The van der Waals surface area contributed by atoms with E-state index in [2.05, 4.69) is 11.6 Å². The van der Waals surface area contributed by atoms with E-state index >= 15 is 0 Å². The van der Waals surface area contributed by atoms with Crippen molar-refractivity contribution in [2.45, 2.75) is 45.7 Å². The highest BCUT2D eigenvalue weighted by atomic mass is 32.2. The van der Waals surface area contributed by atoms with Gasteiger partial charge in [-0.3, -0.25) is 9.59 Å². The van der Waals surface area contributed by atoms with Crippen LogP contribution in [0.15, 0.2) is 35.8 Å². The van der Waals surface area contributed by atoms with E-state index in [-0.39, 0.29) is 17.5 Å². The molecule has 1 aliphatic rings. The van der Waals surface area contributed by atoms with Gasteiger partial charge >= 0.3 is 5.97 Å². The van der Waals surface area contributed by atoms with E-state index in [0.29, 0.717) is 23.4 Å². The largest absolute Gasteiger partial charge is 0.462 e. The molecule has 0 aliphatic carbocycles.